The second-order valence-electron chi connectivity index (χ2n) is 5.02. The van der Waals surface area contributed by atoms with Gasteiger partial charge in [-0.3, -0.25) is 9.80 Å². The lowest BCUT2D eigenvalue weighted by atomic mass is 10.0. The van der Waals surface area contributed by atoms with Gasteiger partial charge < -0.3 is 0 Å². The van der Waals surface area contributed by atoms with Gasteiger partial charge in [0.05, 0.1) is 6.17 Å². The fourth-order valence-electron chi connectivity index (χ4n) is 2.64. The van der Waals surface area contributed by atoms with Gasteiger partial charge in [-0.05, 0) is 33.7 Å². The Balaban J connectivity index is 2.06. The molecule has 3 rings (SSSR count). The summed E-state index contributed by atoms with van der Waals surface area (Å²) >= 11 is 0. The minimum atomic E-state index is 0.364. The van der Waals surface area contributed by atoms with E-state index in [1.807, 2.05) is 0 Å². The average molecular weight is 168 g/mol. The van der Waals surface area contributed by atoms with Gasteiger partial charge >= 0.3 is 0 Å². The van der Waals surface area contributed by atoms with E-state index in [2.05, 4.69) is 37.5 Å². The number of hydrogen-bond acceptors (Lipinski definition) is 2. The van der Waals surface area contributed by atoms with Crippen molar-refractivity contribution in [3.63, 3.8) is 0 Å². The second-order valence-corrected chi connectivity index (χ2v) is 5.02. The van der Waals surface area contributed by atoms with E-state index in [-0.39, 0.29) is 0 Å². The molecule has 3 saturated heterocycles. The molecule has 12 heavy (non-hydrogen) atoms. The molecule has 0 aromatic rings. The van der Waals surface area contributed by atoms with E-state index in [0.29, 0.717) is 5.54 Å². The Morgan fingerprint density at radius 3 is 2.33 bits per heavy atom. The molecule has 2 heteroatoms. The molecule has 0 saturated carbocycles. The predicted molar refractivity (Wildman–Crippen MR) is 51.0 cm³/mol. The first-order valence-corrected chi connectivity index (χ1v) is 5.06. The van der Waals surface area contributed by atoms with Crippen LogP contribution in [-0.4, -0.2) is 40.6 Å². The summed E-state index contributed by atoms with van der Waals surface area (Å²) < 4.78 is 0. The van der Waals surface area contributed by atoms with E-state index in [0.717, 1.165) is 12.2 Å². The van der Waals surface area contributed by atoms with Gasteiger partial charge in [0.25, 0.3) is 0 Å². The number of rotatable bonds is 1. The first-order valence-electron chi connectivity index (χ1n) is 5.06. The first kappa shape index (κ1) is 8.52. The Bertz CT molecular complexity index is 183. The highest BCUT2D eigenvalue weighted by Crippen LogP contribution is 2.40. The van der Waals surface area contributed by atoms with Gasteiger partial charge in [-0.15, -0.1) is 0 Å². The zero-order valence-electron chi connectivity index (χ0n) is 8.67. The summed E-state index contributed by atoms with van der Waals surface area (Å²) in [5.74, 6) is 0. The summed E-state index contributed by atoms with van der Waals surface area (Å²) in [5, 5.41) is 0. The molecule has 70 valence electrons. The predicted octanol–water partition coefficient (Wildman–Crippen LogP) is 1.52. The maximum absolute atomic E-state index is 2.64. The molecule has 2 bridgehead atoms. The van der Waals surface area contributed by atoms with E-state index in [4.69, 9.17) is 0 Å². The topological polar surface area (TPSA) is 6.48 Å². The van der Waals surface area contributed by atoms with E-state index in [1.165, 1.54) is 19.5 Å². The standard InChI is InChI=1S/C10H20N2/c1-5-11-8-6-9(11)12(7-8)10(2,3)4/h8-9H,5-7H2,1-4H3. The molecule has 3 heterocycles. The number of likely N-dealkylation sites (N-methyl/N-ethyl adjacent to an activating group) is 1. The fourth-order valence-corrected chi connectivity index (χ4v) is 2.64. The van der Waals surface area contributed by atoms with Crippen molar-refractivity contribution in [1.29, 1.82) is 0 Å². The molecule has 2 nitrogen and oxygen atoms in total. The van der Waals surface area contributed by atoms with Gasteiger partial charge in [0.2, 0.25) is 0 Å². The third-order valence-electron chi connectivity index (χ3n) is 3.33. The Hall–Kier alpha value is -0.0800. The molecule has 2 atom stereocenters. The smallest absolute Gasteiger partial charge is 0.0645 e. The highest BCUT2D eigenvalue weighted by Gasteiger charge is 2.51. The summed E-state index contributed by atoms with van der Waals surface area (Å²) in [5.41, 5.74) is 0.364. The molecule has 0 amide bonds. The second kappa shape index (κ2) is 2.46. The highest BCUT2D eigenvalue weighted by atomic mass is 15.5. The van der Waals surface area contributed by atoms with Crippen LogP contribution in [-0.2, 0) is 0 Å². The van der Waals surface area contributed by atoms with Crippen LogP contribution in [0.5, 0.6) is 0 Å². The van der Waals surface area contributed by atoms with E-state index in [9.17, 15) is 0 Å². The summed E-state index contributed by atoms with van der Waals surface area (Å²) in [6, 6.07) is 0.874. The molecular formula is C10H20N2. The van der Waals surface area contributed by atoms with Gasteiger partial charge in [0.15, 0.2) is 0 Å². The van der Waals surface area contributed by atoms with Crippen molar-refractivity contribution in [1.82, 2.24) is 9.80 Å². The fraction of sp³-hybridized carbons (Fsp3) is 1.00. The molecule has 3 aliphatic rings. The zero-order chi connectivity index (χ0) is 8.93. The lowest BCUT2D eigenvalue weighted by Crippen LogP contribution is -2.54. The Kier molecular flexibility index (Phi) is 1.74. The molecule has 3 aliphatic heterocycles. The molecule has 0 aliphatic carbocycles. The molecule has 0 aromatic carbocycles. The van der Waals surface area contributed by atoms with E-state index < -0.39 is 0 Å². The lowest BCUT2D eigenvalue weighted by Gasteiger charge is -2.43. The van der Waals surface area contributed by atoms with Crippen molar-refractivity contribution in [2.24, 2.45) is 0 Å². The molecule has 3 fully saturated rings. The van der Waals surface area contributed by atoms with Crippen LogP contribution >= 0.6 is 0 Å². The van der Waals surface area contributed by atoms with Crippen molar-refractivity contribution in [3.8, 4) is 0 Å². The molecule has 0 aromatic heterocycles. The quantitative estimate of drug-likeness (QED) is 0.586. The maximum atomic E-state index is 2.64. The van der Waals surface area contributed by atoms with Crippen LogP contribution in [0.4, 0.5) is 0 Å². The van der Waals surface area contributed by atoms with Gasteiger partial charge in [-0.25, -0.2) is 0 Å². The molecule has 0 spiro atoms. The zero-order valence-corrected chi connectivity index (χ0v) is 8.67. The van der Waals surface area contributed by atoms with Crippen molar-refractivity contribution >= 4 is 0 Å². The van der Waals surface area contributed by atoms with Gasteiger partial charge in [0, 0.05) is 18.1 Å². The third-order valence-corrected chi connectivity index (χ3v) is 3.33. The minimum Gasteiger partial charge on any atom is -0.284 e. The van der Waals surface area contributed by atoms with Crippen LogP contribution in [0.25, 0.3) is 0 Å². The molecule has 0 radical (unpaired) electrons. The van der Waals surface area contributed by atoms with Gasteiger partial charge in [-0.2, -0.15) is 0 Å². The third kappa shape index (κ3) is 1.01. The lowest BCUT2D eigenvalue weighted by molar-refractivity contribution is 0.00295. The molecule has 2 unspecified atom stereocenters. The van der Waals surface area contributed by atoms with E-state index >= 15 is 0 Å². The monoisotopic (exact) mass is 168 g/mol. The summed E-state index contributed by atoms with van der Waals surface area (Å²) in [6.07, 6.45) is 2.17. The van der Waals surface area contributed by atoms with Crippen molar-refractivity contribution < 1.29 is 0 Å². The van der Waals surface area contributed by atoms with Crippen molar-refractivity contribution in [2.45, 2.75) is 51.9 Å². The number of fused-ring (bicyclic) bond motifs is 1. The van der Waals surface area contributed by atoms with Crippen molar-refractivity contribution in [3.05, 3.63) is 0 Å². The van der Waals surface area contributed by atoms with Crippen LogP contribution in [0.1, 0.15) is 34.1 Å². The number of nitrogens with zero attached hydrogens (tertiary/aromatic N) is 2. The normalized spacial score (nSPS) is 37.0. The van der Waals surface area contributed by atoms with Crippen LogP contribution in [0, 0.1) is 0 Å². The average Bonchev–Trinajstić information content (AvgIpc) is 2.39. The SMILES string of the molecule is CCN1C2CC1N(C(C)(C)C)C2. The summed E-state index contributed by atoms with van der Waals surface area (Å²) in [7, 11) is 0. The minimum absolute atomic E-state index is 0.364. The molecule has 0 N–H and O–H groups in total. The van der Waals surface area contributed by atoms with E-state index in [1.54, 1.807) is 0 Å². The Morgan fingerprint density at radius 2 is 2.00 bits per heavy atom. The van der Waals surface area contributed by atoms with Crippen molar-refractivity contribution in [2.75, 3.05) is 13.1 Å². The van der Waals surface area contributed by atoms with Crippen LogP contribution in [0.3, 0.4) is 0 Å². The Labute approximate surface area is 75.5 Å². The molecular weight excluding hydrogens is 148 g/mol. The highest BCUT2D eigenvalue weighted by molar-refractivity contribution is 5.04. The summed E-state index contributed by atoms with van der Waals surface area (Å²) in [6.45, 7) is 11.7. The maximum Gasteiger partial charge on any atom is 0.0645 e. The first-order chi connectivity index (χ1) is 5.54. The van der Waals surface area contributed by atoms with Gasteiger partial charge in [0.1, 0.15) is 0 Å². The van der Waals surface area contributed by atoms with Gasteiger partial charge in [-0.1, -0.05) is 6.92 Å². The van der Waals surface area contributed by atoms with Crippen LogP contribution in [0.2, 0.25) is 0 Å². The Morgan fingerprint density at radius 1 is 1.33 bits per heavy atom. The van der Waals surface area contributed by atoms with Crippen LogP contribution < -0.4 is 0 Å². The summed E-state index contributed by atoms with van der Waals surface area (Å²) in [4.78, 5) is 5.26. The van der Waals surface area contributed by atoms with Crippen LogP contribution in [0.15, 0.2) is 0 Å². The number of hydrogen-bond donors (Lipinski definition) is 0. The largest absolute Gasteiger partial charge is 0.284 e.